The lowest BCUT2D eigenvalue weighted by Crippen LogP contribution is -2.34. The number of halogens is 2. The van der Waals surface area contributed by atoms with Gasteiger partial charge in [-0.15, -0.1) is 0 Å². The molecule has 0 bridgehead atoms. The molecule has 0 radical (unpaired) electrons. The Kier molecular flexibility index (Phi) is 2.83. The van der Waals surface area contributed by atoms with Crippen LogP contribution in [0, 0.1) is 5.92 Å². The number of rotatable bonds is 3. The number of carbonyl (C=O) groups is 1. The van der Waals surface area contributed by atoms with E-state index in [1.807, 2.05) is 13.8 Å². The standard InChI is InChI=1S/C10H17F2NO/c1-4-10(11,12)6-7-5-9(2,3)13-8(7)14/h7H,4-6H2,1-3H3,(H,13,14). The molecule has 2 nitrogen and oxygen atoms in total. The monoisotopic (exact) mass is 205 g/mol. The predicted molar refractivity (Wildman–Crippen MR) is 50.2 cm³/mol. The lowest BCUT2D eigenvalue weighted by Gasteiger charge is -2.18. The number of hydrogen-bond acceptors (Lipinski definition) is 1. The summed E-state index contributed by atoms with van der Waals surface area (Å²) in [6.07, 6.45) is -0.0165. The summed E-state index contributed by atoms with van der Waals surface area (Å²) in [5.41, 5.74) is -0.328. The van der Waals surface area contributed by atoms with Crippen molar-refractivity contribution in [1.82, 2.24) is 5.32 Å². The Hall–Kier alpha value is -0.670. The van der Waals surface area contributed by atoms with Crippen molar-refractivity contribution in [1.29, 1.82) is 0 Å². The molecule has 1 rings (SSSR count). The van der Waals surface area contributed by atoms with Crippen molar-refractivity contribution in [2.45, 2.75) is 51.5 Å². The van der Waals surface area contributed by atoms with Gasteiger partial charge in [-0.25, -0.2) is 8.78 Å². The molecule has 1 N–H and O–H groups in total. The lowest BCUT2D eigenvalue weighted by atomic mass is 9.91. The van der Waals surface area contributed by atoms with Crippen LogP contribution < -0.4 is 5.32 Å². The third-order valence-electron chi connectivity index (χ3n) is 2.65. The van der Waals surface area contributed by atoms with Gasteiger partial charge in [0.05, 0.1) is 0 Å². The molecule has 0 saturated carbocycles. The minimum atomic E-state index is -2.71. The van der Waals surface area contributed by atoms with E-state index in [-0.39, 0.29) is 24.3 Å². The van der Waals surface area contributed by atoms with Crippen LogP contribution in [0.1, 0.15) is 40.0 Å². The van der Waals surface area contributed by atoms with Gasteiger partial charge in [0.2, 0.25) is 11.8 Å². The second kappa shape index (κ2) is 3.48. The minimum absolute atomic E-state index is 0.197. The van der Waals surface area contributed by atoms with Crippen LogP contribution in [-0.4, -0.2) is 17.4 Å². The Morgan fingerprint density at radius 3 is 2.50 bits per heavy atom. The third kappa shape index (κ3) is 2.66. The van der Waals surface area contributed by atoms with E-state index in [0.717, 1.165) is 0 Å². The van der Waals surface area contributed by atoms with Crippen molar-refractivity contribution in [2.75, 3.05) is 0 Å². The summed E-state index contributed by atoms with van der Waals surface area (Å²) < 4.78 is 26.1. The van der Waals surface area contributed by atoms with Crippen molar-refractivity contribution in [3.8, 4) is 0 Å². The summed E-state index contributed by atoms with van der Waals surface area (Å²) in [6.45, 7) is 5.15. The SMILES string of the molecule is CCC(F)(F)CC1CC(C)(C)NC1=O. The van der Waals surface area contributed by atoms with Gasteiger partial charge >= 0.3 is 0 Å². The van der Waals surface area contributed by atoms with Gasteiger partial charge < -0.3 is 5.32 Å². The number of nitrogens with one attached hydrogen (secondary N) is 1. The van der Waals surface area contributed by atoms with Gasteiger partial charge in [0.25, 0.3) is 0 Å². The molecule has 1 aliphatic heterocycles. The molecule has 14 heavy (non-hydrogen) atoms. The van der Waals surface area contributed by atoms with Gasteiger partial charge in [0, 0.05) is 24.3 Å². The molecule has 1 heterocycles. The molecule has 1 saturated heterocycles. The van der Waals surface area contributed by atoms with Crippen molar-refractivity contribution in [2.24, 2.45) is 5.92 Å². The first-order valence-corrected chi connectivity index (χ1v) is 4.96. The zero-order valence-electron chi connectivity index (χ0n) is 8.86. The topological polar surface area (TPSA) is 29.1 Å². The maximum absolute atomic E-state index is 13.0. The fraction of sp³-hybridized carbons (Fsp3) is 0.900. The van der Waals surface area contributed by atoms with Crippen molar-refractivity contribution in [3.63, 3.8) is 0 Å². The zero-order chi connectivity index (χ0) is 11.0. The summed E-state index contributed by atoms with van der Waals surface area (Å²) in [5, 5.41) is 2.72. The van der Waals surface area contributed by atoms with Gasteiger partial charge in [-0.3, -0.25) is 4.79 Å². The first kappa shape index (κ1) is 11.4. The van der Waals surface area contributed by atoms with Crippen molar-refractivity contribution >= 4 is 5.91 Å². The smallest absolute Gasteiger partial charge is 0.248 e. The van der Waals surface area contributed by atoms with E-state index < -0.39 is 11.8 Å². The van der Waals surface area contributed by atoms with E-state index in [1.165, 1.54) is 6.92 Å². The number of carbonyl (C=O) groups excluding carboxylic acids is 1. The zero-order valence-corrected chi connectivity index (χ0v) is 8.86. The van der Waals surface area contributed by atoms with Crippen LogP contribution in [0.4, 0.5) is 8.78 Å². The molecular formula is C10H17F2NO. The fourth-order valence-electron chi connectivity index (χ4n) is 1.87. The Labute approximate surface area is 83.1 Å². The van der Waals surface area contributed by atoms with Crippen LogP contribution in [0.5, 0.6) is 0 Å². The summed E-state index contributed by atoms with van der Waals surface area (Å²) in [4.78, 5) is 11.3. The molecule has 0 aromatic heterocycles. The van der Waals surface area contributed by atoms with Crippen LogP contribution >= 0.6 is 0 Å². The molecule has 1 unspecified atom stereocenters. The van der Waals surface area contributed by atoms with Gasteiger partial charge in [0.1, 0.15) is 0 Å². The number of amides is 1. The highest BCUT2D eigenvalue weighted by atomic mass is 19.3. The molecule has 0 aromatic rings. The van der Waals surface area contributed by atoms with Crippen LogP contribution in [0.3, 0.4) is 0 Å². The maximum Gasteiger partial charge on any atom is 0.248 e. The molecule has 1 atom stereocenters. The van der Waals surface area contributed by atoms with E-state index in [1.54, 1.807) is 0 Å². The molecule has 1 amide bonds. The van der Waals surface area contributed by atoms with Crippen molar-refractivity contribution < 1.29 is 13.6 Å². The molecule has 4 heteroatoms. The highest BCUT2D eigenvalue weighted by Crippen LogP contribution is 2.34. The summed E-state index contributed by atoms with van der Waals surface area (Å²) >= 11 is 0. The van der Waals surface area contributed by atoms with Gasteiger partial charge in [0.15, 0.2) is 0 Å². The predicted octanol–water partition coefficient (Wildman–Crippen LogP) is 2.34. The Morgan fingerprint density at radius 2 is 2.14 bits per heavy atom. The first-order valence-electron chi connectivity index (χ1n) is 4.96. The van der Waals surface area contributed by atoms with Crippen molar-refractivity contribution in [3.05, 3.63) is 0 Å². The normalized spacial score (nSPS) is 26.4. The molecule has 0 aliphatic carbocycles. The quantitative estimate of drug-likeness (QED) is 0.752. The second-order valence-corrected chi connectivity index (χ2v) is 4.69. The summed E-state index contributed by atoms with van der Waals surface area (Å²) in [7, 11) is 0. The Balaban J connectivity index is 2.60. The first-order chi connectivity index (χ1) is 6.26. The number of hydrogen-bond donors (Lipinski definition) is 1. The van der Waals surface area contributed by atoms with Gasteiger partial charge in [-0.1, -0.05) is 6.92 Å². The largest absolute Gasteiger partial charge is 0.351 e. The molecule has 0 spiro atoms. The average Bonchev–Trinajstić information content (AvgIpc) is 2.24. The highest BCUT2D eigenvalue weighted by molar-refractivity contribution is 5.82. The number of alkyl halides is 2. The fourth-order valence-corrected chi connectivity index (χ4v) is 1.87. The van der Waals surface area contributed by atoms with E-state index in [2.05, 4.69) is 5.32 Å². The summed E-state index contributed by atoms with van der Waals surface area (Å²) in [5.74, 6) is -3.47. The third-order valence-corrected chi connectivity index (χ3v) is 2.65. The van der Waals surface area contributed by atoms with Crippen LogP contribution in [0.2, 0.25) is 0 Å². The van der Waals surface area contributed by atoms with E-state index in [9.17, 15) is 13.6 Å². The molecule has 1 aliphatic rings. The lowest BCUT2D eigenvalue weighted by molar-refractivity contribution is -0.126. The summed E-state index contributed by atoms with van der Waals surface area (Å²) in [6, 6.07) is 0. The molecule has 0 aromatic carbocycles. The average molecular weight is 205 g/mol. The molecular weight excluding hydrogens is 188 g/mol. The molecule has 82 valence electrons. The van der Waals surface area contributed by atoms with E-state index in [4.69, 9.17) is 0 Å². The Morgan fingerprint density at radius 1 is 1.57 bits per heavy atom. The van der Waals surface area contributed by atoms with E-state index in [0.29, 0.717) is 6.42 Å². The highest BCUT2D eigenvalue weighted by Gasteiger charge is 2.42. The van der Waals surface area contributed by atoms with Gasteiger partial charge in [-0.2, -0.15) is 0 Å². The Bertz CT molecular complexity index is 238. The minimum Gasteiger partial charge on any atom is -0.351 e. The van der Waals surface area contributed by atoms with E-state index >= 15 is 0 Å². The van der Waals surface area contributed by atoms with Crippen LogP contribution in [0.25, 0.3) is 0 Å². The van der Waals surface area contributed by atoms with Crippen LogP contribution in [0.15, 0.2) is 0 Å². The van der Waals surface area contributed by atoms with Gasteiger partial charge in [-0.05, 0) is 20.3 Å². The molecule has 1 fully saturated rings. The van der Waals surface area contributed by atoms with Crippen LogP contribution in [-0.2, 0) is 4.79 Å². The maximum atomic E-state index is 13.0. The second-order valence-electron chi connectivity index (χ2n) is 4.69.